The van der Waals surface area contributed by atoms with Gasteiger partial charge in [-0.3, -0.25) is 14.5 Å². The van der Waals surface area contributed by atoms with Gasteiger partial charge in [0.15, 0.2) is 5.13 Å². The zero-order chi connectivity index (χ0) is 24.4. The Balaban J connectivity index is 1.34. The van der Waals surface area contributed by atoms with Crippen LogP contribution in [0.25, 0.3) is 10.4 Å². The number of amides is 4. The van der Waals surface area contributed by atoms with Crippen molar-refractivity contribution in [1.82, 2.24) is 15.2 Å². The van der Waals surface area contributed by atoms with Gasteiger partial charge in [0, 0.05) is 6.42 Å². The van der Waals surface area contributed by atoms with Crippen molar-refractivity contribution in [3.05, 3.63) is 71.9 Å². The predicted molar refractivity (Wildman–Crippen MR) is 136 cm³/mol. The minimum atomic E-state index is -0.875. The van der Waals surface area contributed by atoms with E-state index in [0.717, 1.165) is 45.9 Å². The molecule has 4 amide bonds. The van der Waals surface area contributed by atoms with E-state index in [2.05, 4.69) is 10.6 Å². The lowest BCUT2D eigenvalue weighted by molar-refractivity contribution is -0.136. The Hall–Kier alpha value is -3.52. The van der Waals surface area contributed by atoms with Crippen molar-refractivity contribution in [2.45, 2.75) is 44.6 Å². The van der Waals surface area contributed by atoms with Crippen LogP contribution in [0.4, 0.5) is 9.93 Å². The fraction of sp³-hybridized carbons (Fsp3) is 0.333. The first-order valence-corrected chi connectivity index (χ1v) is 12.8. The number of urea groups is 1. The van der Waals surface area contributed by atoms with Gasteiger partial charge >= 0.3 is 6.03 Å². The maximum atomic E-state index is 13.2. The van der Waals surface area contributed by atoms with Gasteiger partial charge in [0.05, 0.1) is 10.6 Å². The number of thiazole rings is 1. The minimum absolute atomic E-state index is 0.0497. The van der Waals surface area contributed by atoms with Crippen molar-refractivity contribution in [2.24, 2.45) is 5.92 Å². The van der Waals surface area contributed by atoms with Crippen molar-refractivity contribution in [3.63, 3.8) is 0 Å². The highest BCUT2D eigenvalue weighted by molar-refractivity contribution is 7.19. The van der Waals surface area contributed by atoms with E-state index in [1.165, 1.54) is 11.3 Å². The summed E-state index contributed by atoms with van der Waals surface area (Å²) in [7, 11) is 0. The lowest BCUT2D eigenvalue weighted by atomic mass is 9.73. The van der Waals surface area contributed by atoms with Crippen molar-refractivity contribution in [3.8, 4) is 10.4 Å². The molecule has 0 radical (unpaired) electrons. The molecule has 2 fully saturated rings. The lowest BCUT2D eigenvalue weighted by Gasteiger charge is -2.36. The first kappa shape index (κ1) is 23.2. The fourth-order valence-electron chi connectivity index (χ4n) is 5.07. The third kappa shape index (κ3) is 4.58. The molecular weight excluding hydrogens is 460 g/mol. The Bertz CT molecular complexity index is 1240. The van der Waals surface area contributed by atoms with Gasteiger partial charge in [0.2, 0.25) is 5.91 Å². The van der Waals surface area contributed by atoms with E-state index in [9.17, 15) is 14.4 Å². The summed E-state index contributed by atoms with van der Waals surface area (Å²) in [6, 6.07) is 19.5. The average Bonchev–Trinajstić information content (AvgIpc) is 3.36. The Morgan fingerprint density at radius 3 is 2.54 bits per heavy atom. The summed E-state index contributed by atoms with van der Waals surface area (Å²) in [5, 5.41) is 6.17. The number of anilines is 1. The van der Waals surface area contributed by atoms with Crippen molar-refractivity contribution in [1.29, 1.82) is 0 Å². The second-order valence-corrected chi connectivity index (χ2v) is 10.3. The molecule has 2 heterocycles. The van der Waals surface area contributed by atoms with Crippen LogP contribution in [0.3, 0.4) is 0 Å². The summed E-state index contributed by atoms with van der Waals surface area (Å²) in [5.74, 6) is -0.680. The second kappa shape index (κ2) is 9.62. The zero-order valence-corrected chi connectivity index (χ0v) is 20.4. The number of imide groups is 1. The number of rotatable bonds is 6. The highest BCUT2D eigenvalue weighted by atomic mass is 32.1. The Labute approximate surface area is 208 Å². The van der Waals surface area contributed by atoms with Gasteiger partial charge in [-0.2, -0.15) is 0 Å². The second-order valence-electron chi connectivity index (χ2n) is 9.31. The summed E-state index contributed by atoms with van der Waals surface area (Å²) < 4.78 is 0. The van der Waals surface area contributed by atoms with E-state index in [0.29, 0.717) is 18.0 Å². The van der Waals surface area contributed by atoms with Gasteiger partial charge in [0.25, 0.3) is 5.91 Å². The van der Waals surface area contributed by atoms with Gasteiger partial charge in [0.1, 0.15) is 12.1 Å². The molecular formula is C27H28N4O3S. The molecule has 2 aromatic carbocycles. The number of nitrogens with one attached hydrogen (secondary N) is 2. The van der Waals surface area contributed by atoms with E-state index < -0.39 is 17.5 Å². The molecule has 2 atom stereocenters. The van der Waals surface area contributed by atoms with Crippen LogP contribution in [0.2, 0.25) is 0 Å². The molecule has 1 saturated heterocycles. The number of carbonyl (C=O) groups excluding carboxylic acids is 3. The van der Waals surface area contributed by atoms with Crippen LogP contribution >= 0.6 is 11.3 Å². The molecule has 1 aromatic heterocycles. The Kier molecular flexibility index (Phi) is 6.38. The molecule has 180 valence electrons. The monoisotopic (exact) mass is 488 g/mol. The minimum Gasteiger partial charge on any atom is -0.323 e. The summed E-state index contributed by atoms with van der Waals surface area (Å²) in [5.41, 5.74) is 2.14. The van der Waals surface area contributed by atoms with Crippen molar-refractivity contribution in [2.75, 3.05) is 11.9 Å². The summed E-state index contributed by atoms with van der Waals surface area (Å²) in [6.45, 7) is 1.67. The number of aromatic nitrogens is 1. The normalized spacial score (nSPS) is 21.9. The van der Waals surface area contributed by atoms with E-state index >= 15 is 0 Å². The number of hydrogen-bond acceptors (Lipinski definition) is 5. The van der Waals surface area contributed by atoms with Crippen LogP contribution in [0.5, 0.6) is 0 Å². The maximum Gasteiger partial charge on any atom is 0.325 e. The van der Waals surface area contributed by atoms with Gasteiger partial charge in [-0.25, -0.2) is 9.78 Å². The molecule has 1 aliphatic heterocycles. The van der Waals surface area contributed by atoms with Crippen LogP contribution in [-0.2, 0) is 16.0 Å². The van der Waals surface area contributed by atoms with Crippen LogP contribution in [-0.4, -0.2) is 39.8 Å². The molecule has 7 nitrogen and oxygen atoms in total. The van der Waals surface area contributed by atoms with E-state index in [4.69, 9.17) is 4.98 Å². The van der Waals surface area contributed by atoms with Gasteiger partial charge in [-0.15, -0.1) is 0 Å². The number of benzene rings is 2. The van der Waals surface area contributed by atoms with Crippen LogP contribution < -0.4 is 10.6 Å². The average molecular weight is 489 g/mol. The van der Waals surface area contributed by atoms with Crippen molar-refractivity contribution < 1.29 is 14.4 Å². The fourth-order valence-corrected chi connectivity index (χ4v) is 6.07. The molecule has 1 spiro atoms. The molecule has 35 heavy (non-hydrogen) atoms. The summed E-state index contributed by atoms with van der Waals surface area (Å²) >= 11 is 1.39. The highest BCUT2D eigenvalue weighted by Gasteiger charge is 2.55. The van der Waals surface area contributed by atoms with Crippen molar-refractivity contribution >= 4 is 34.3 Å². The molecule has 8 heteroatoms. The topological polar surface area (TPSA) is 91.4 Å². The van der Waals surface area contributed by atoms with Crippen LogP contribution in [0, 0.1) is 5.92 Å². The first-order chi connectivity index (χ1) is 17.0. The Morgan fingerprint density at radius 2 is 1.83 bits per heavy atom. The molecule has 3 aromatic rings. The number of hydrogen-bond donors (Lipinski definition) is 2. The van der Waals surface area contributed by atoms with Crippen LogP contribution in [0.15, 0.2) is 60.7 Å². The van der Waals surface area contributed by atoms with E-state index in [-0.39, 0.29) is 18.4 Å². The SMILES string of the molecule is CC1CCCCC12NC(=O)N(CC(=O)Nc1nc(Cc3ccccc3)c(-c3ccccc3)s1)C2=O. The third-order valence-corrected chi connectivity index (χ3v) is 8.06. The number of nitrogens with zero attached hydrogens (tertiary/aromatic N) is 2. The third-order valence-electron chi connectivity index (χ3n) is 7.00. The summed E-state index contributed by atoms with van der Waals surface area (Å²) in [4.78, 5) is 45.5. The molecule has 1 aliphatic carbocycles. The van der Waals surface area contributed by atoms with E-state index in [1.807, 2.05) is 67.6 Å². The van der Waals surface area contributed by atoms with E-state index in [1.54, 1.807) is 0 Å². The maximum absolute atomic E-state index is 13.2. The van der Waals surface area contributed by atoms with Gasteiger partial charge in [-0.05, 0) is 29.9 Å². The zero-order valence-electron chi connectivity index (χ0n) is 19.6. The molecule has 5 rings (SSSR count). The molecule has 2 N–H and O–H groups in total. The Morgan fingerprint density at radius 1 is 1.11 bits per heavy atom. The standard InChI is InChI=1S/C27H28N4O3S/c1-18-10-8-9-15-27(18)24(33)31(26(34)30-27)17-22(32)29-25-28-21(16-19-11-4-2-5-12-19)23(35-25)20-13-6-3-7-14-20/h2-7,11-14,18H,8-10,15-17H2,1H3,(H,30,34)(H,28,29,32). The predicted octanol–water partition coefficient (Wildman–Crippen LogP) is 4.84. The smallest absolute Gasteiger partial charge is 0.323 e. The molecule has 1 saturated carbocycles. The van der Waals surface area contributed by atoms with Crippen LogP contribution in [0.1, 0.15) is 43.9 Å². The first-order valence-electron chi connectivity index (χ1n) is 12.0. The molecule has 0 bridgehead atoms. The number of carbonyl (C=O) groups is 3. The summed E-state index contributed by atoms with van der Waals surface area (Å²) in [6.07, 6.45) is 4.07. The largest absolute Gasteiger partial charge is 0.325 e. The van der Waals surface area contributed by atoms with Gasteiger partial charge in [-0.1, -0.05) is 91.8 Å². The highest BCUT2D eigenvalue weighted by Crippen LogP contribution is 2.38. The lowest BCUT2D eigenvalue weighted by Crippen LogP contribution is -2.54. The molecule has 2 aliphatic rings. The molecule has 2 unspecified atom stereocenters. The quantitative estimate of drug-likeness (QED) is 0.486. The van der Waals surface area contributed by atoms with Gasteiger partial charge < -0.3 is 10.6 Å².